The number of sulfonamides is 1. The summed E-state index contributed by atoms with van der Waals surface area (Å²) in [5, 5.41) is 0. The fourth-order valence-corrected chi connectivity index (χ4v) is 3.75. The summed E-state index contributed by atoms with van der Waals surface area (Å²) in [5.74, 6) is -0.0454. The van der Waals surface area contributed by atoms with Crippen LogP contribution in [-0.4, -0.2) is 21.6 Å². The van der Waals surface area contributed by atoms with Gasteiger partial charge in [-0.05, 0) is 30.2 Å². The van der Waals surface area contributed by atoms with Gasteiger partial charge in [0.25, 0.3) is 0 Å². The molecule has 6 heteroatoms. The first-order valence-corrected chi connectivity index (χ1v) is 9.07. The summed E-state index contributed by atoms with van der Waals surface area (Å²) in [5.41, 5.74) is 3.16. The van der Waals surface area contributed by atoms with E-state index in [1.807, 2.05) is 43.3 Å². The summed E-state index contributed by atoms with van der Waals surface area (Å²) in [4.78, 5) is 0. The highest BCUT2D eigenvalue weighted by molar-refractivity contribution is 7.91. The van der Waals surface area contributed by atoms with Gasteiger partial charge in [-0.2, -0.15) is 0 Å². The predicted molar refractivity (Wildman–Crippen MR) is 88.5 cm³/mol. The second-order valence-corrected chi connectivity index (χ2v) is 7.21. The van der Waals surface area contributed by atoms with Gasteiger partial charge < -0.3 is 9.47 Å². The fourth-order valence-electron chi connectivity index (χ4n) is 2.45. The third-order valence-electron chi connectivity index (χ3n) is 3.68. The van der Waals surface area contributed by atoms with Crippen LogP contribution in [0.5, 0.6) is 0 Å². The molecule has 5 nitrogen and oxygen atoms in total. The van der Waals surface area contributed by atoms with E-state index in [2.05, 4.69) is 4.72 Å². The Morgan fingerprint density at radius 3 is 2.35 bits per heavy atom. The average molecular weight is 333 g/mol. The lowest BCUT2D eigenvalue weighted by Crippen LogP contribution is -2.15. The zero-order valence-electron chi connectivity index (χ0n) is 12.9. The van der Waals surface area contributed by atoms with Crippen molar-refractivity contribution in [1.82, 2.24) is 0 Å². The molecule has 0 atom stereocenters. The third kappa shape index (κ3) is 4.10. The van der Waals surface area contributed by atoms with Crippen molar-refractivity contribution in [3.63, 3.8) is 0 Å². The van der Waals surface area contributed by atoms with E-state index in [0.29, 0.717) is 18.9 Å². The third-order valence-corrected chi connectivity index (χ3v) is 4.92. The van der Waals surface area contributed by atoms with Crippen molar-refractivity contribution in [2.45, 2.75) is 19.0 Å². The Morgan fingerprint density at radius 2 is 1.70 bits per heavy atom. The van der Waals surface area contributed by atoms with Gasteiger partial charge in [-0.15, -0.1) is 0 Å². The zero-order valence-corrected chi connectivity index (χ0v) is 13.7. The second-order valence-electron chi connectivity index (χ2n) is 5.48. The van der Waals surface area contributed by atoms with Crippen molar-refractivity contribution in [1.29, 1.82) is 0 Å². The molecule has 0 bridgehead atoms. The normalized spacial score (nSPS) is 15.7. The van der Waals surface area contributed by atoms with Gasteiger partial charge in [-0.3, -0.25) is 4.72 Å². The molecule has 0 saturated carbocycles. The zero-order chi connectivity index (χ0) is 16.3. The maximum Gasteiger partial charge on any atom is 0.236 e. The van der Waals surface area contributed by atoms with E-state index in [0.717, 1.165) is 16.7 Å². The number of aryl methyl sites for hydroxylation is 1. The van der Waals surface area contributed by atoms with Gasteiger partial charge in [0.15, 0.2) is 6.29 Å². The molecule has 1 heterocycles. The number of hydrogen-bond donors (Lipinski definition) is 1. The Morgan fingerprint density at radius 1 is 1.04 bits per heavy atom. The molecular formula is C17H19NO4S. The van der Waals surface area contributed by atoms with Crippen LogP contribution in [0.3, 0.4) is 0 Å². The van der Waals surface area contributed by atoms with Crippen molar-refractivity contribution >= 4 is 15.7 Å². The van der Waals surface area contributed by atoms with Crippen molar-refractivity contribution in [2.24, 2.45) is 0 Å². The van der Waals surface area contributed by atoms with Gasteiger partial charge in [0.05, 0.1) is 19.0 Å². The van der Waals surface area contributed by atoms with Crippen LogP contribution in [0.2, 0.25) is 0 Å². The standard InChI is InChI=1S/C17H19NO4S/c1-13-4-2-3-5-15(13)12-23(19,20)18-16-8-6-14(7-9-16)17-21-10-11-22-17/h2-9,17-18H,10-12H2,1H3. The average Bonchev–Trinajstić information content (AvgIpc) is 3.04. The van der Waals surface area contributed by atoms with Gasteiger partial charge in [-0.25, -0.2) is 8.42 Å². The van der Waals surface area contributed by atoms with E-state index in [4.69, 9.17) is 9.47 Å². The number of hydrogen-bond acceptors (Lipinski definition) is 4. The molecule has 23 heavy (non-hydrogen) atoms. The highest BCUT2D eigenvalue weighted by atomic mass is 32.2. The number of ether oxygens (including phenoxy) is 2. The van der Waals surface area contributed by atoms with Crippen LogP contribution in [0.1, 0.15) is 23.0 Å². The van der Waals surface area contributed by atoms with Crippen LogP contribution in [-0.2, 0) is 25.2 Å². The molecule has 2 aromatic rings. The topological polar surface area (TPSA) is 64.6 Å². The Labute approximate surface area is 136 Å². The first kappa shape index (κ1) is 16.0. The SMILES string of the molecule is Cc1ccccc1CS(=O)(=O)Nc1ccc(C2OCCO2)cc1. The first-order chi connectivity index (χ1) is 11.0. The van der Waals surface area contributed by atoms with E-state index in [1.54, 1.807) is 12.1 Å². The van der Waals surface area contributed by atoms with E-state index < -0.39 is 10.0 Å². The van der Waals surface area contributed by atoms with Crippen LogP contribution >= 0.6 is 0 Å². The summed E-state index contributed by atoms with van der Waals surface area (Å²) in [6.45, 7) is 3.06. The van der Waals surface area contributed by atoms with Crippen molar-refractivity contribution in [3.8, 4) is 0 Å². The number of rotatable bonds is 5. The minimum Gasteiger partial charge on any atom is -0.346 e. The molecule has 122 valence electrons. The molecule has 3 rings (SSSR count). The highest BCUT2D eigenvalue weighted by Gasteiger charge is 2.18. The monoisotopic (exact) mass is 333 g/mol. The van der Waals surface area contributed by atoms with E-state index in [1.165, 1.54) is 0 Å². The Balaban J connectivity index is 1.69. The van der Waals surface area contributed by atoms with E-state index in [-0.39, 0.29) is 12.0 Å². The molecule has 1 N–H and O–H groups in total. The van der Waals surface area contributed by atoms with Crippen LogP contribution in [0.25, 0.3) is 0 Å². The summed E-state index contributed by atoms with van der Waals surface area (Å²) in [6.07, 6.45) is -0.354. The molecule has 1 aliphatic heterocycles. The molecule has 2 aromatic carbocycles. The molecule has 0 unspecified atom stereocenters. The summed E-state index contributed by atoms with van der Waals surface area (Å²) >= 11 is 0. The first-order valence-electron chi connectivity index (χ1n) is 7.42. The van der Waals surface area contributed by atoms with Crippen molar-refractivity contribution < 1.29 is 17.9 Å². The molecule has 0 radical (unpaired) electrons. The van der Waals surface area contributed by atoms with Crippen LogP contribution < -0.4 is 4.72 Å². The molecule has 1 aliphatic rings. The Hall–Kier alpha value is -1.89. The highest BCUT2D eigenvalue weighted by Crippen LogP contribution is 2.25. The van der Waals surface area contributed by atoms with Crippen LogP contribution in [0.4, 0.5) is 5.69 Å². The Bertz CT molecular complexity index is 765. The van der Waals surface area contributed by atoms with Crippen LogP contribution in [0, 0.1) is 6.92 Å². The Kier molecular flexibility index (Phi) is 4.66. The maximum absolute atomic E-state index is 12.3. The molecule has 0 aliphatic carbocycles. The number of anilines is 1. The quantitative estimate of drug-likeness (QED) is 0.913. The minimum absolute atomic E-state index is 0.0454. The number of benzene rings is 2. The molecule has 0 amide bonds. The summed E-state index contributed by atoms with van der Waals surface area (Å²) in [6, 6.07) is 14.5. The molecular weight excluding hydrogens is 314 g/mol. The minimum atomic E-state index is -3.45. The fraction of sp³-hybridized carbons (Fsp3) is 0.294. The van der Waals surface area contributed by atoms with E-state index in [9.17, 15) is 8.42 Å². The van der Waals surface area contributed by atoms with Crippen molar-refractivity contribution in [2.75, 3.05) is 17.9 Å². The second kappa shape index (κ2) is 6.70. The number of nitrogens with one attached hydrogen (secondary N) is 1. The smallest absolute Gasteiger partial charge is 0.236 e. The lowest BCUT2D eigenvalue weighted by atomic mass is 10.1. The van der Waals surface area contributed by atoms with Crippen LogP contribution in [0.15, 0.2) is 48.5 Å². The molecule has 1 saturated heterocycles. The largest absolute Gasteiger partial charge is 0.346 e. The summed E-state index contributed by atoms with van der Waals surface area (Å²) < 4.78 is 38.0. The van der Waals surface area contributed by atoms with Gasteiger partial charge in [0.2, 0.25) is 10.0 Å². The van der Waals surface area contributed by atoms with Gasteiger partial charge in [0, 0.05) is 11.3 Å². The molecule has 1 fully saturated rings. The maximum atomic E-state index is 12.3. The molecule has 0 aromatic heterocycles. The lowest BCUT2D eigenvalue weighted by molar-refractivity contribution is -0.0441. The predicted octanol–water partition coefficient (Wildman–Crippen LogP) is 2.98. The van der Waals surface area contributed by atoms with Gasteiger partial charge >= 0.3 is 0 Å². The molecule has 0 spiro atoms. The summed E-state index contributed by atoms with van der Waals surface area (Å²) in [7, 11) is -3.45. The van der Waals surface area contributed by atoms with Gasteiger partial charge in [0.1, 0.15) is 0 Å². The van der Waals surface area contributed by atoms with E-state index >= 15 is 0 Å². The van der Waals surface area contributed by atoms with Gasteiger partial charge in [-0.1, -0.05) is 36.4 Å². The lowest BCUT2D eigenvalue weighted by Gasteiger charge is -2.12. The van der Waals surface area contributed by atoms with Crippen molar-refractivity contribution in [3.05, 3.63) is 65.2 Å².